The van der Waals surface area contributed by atoms with Crippen LogP contribution < -0.4 is 5.32 Å². The van der Waals surface area contributed by atoms with Gasteiger partial charge in [0.25, 0.3) is 0 Å². The Balaban J connectivity index is 1.99. The van der Waals surface area contributed by atoms with E-state index in [1.165, 1.54) is 19.3 Å². The van der Waals surface area contributed by atoms with E-state index in [4.69, 9.17) is 0 Å². The van der Waals surface area contributed by atoms with E-state index in [1.807, 2.05) is 24.0 Å². The molecule has 2 unspecified atom stereocenters. The zero-order valence-electron chi connectivity index (χ0n) is 10.8. The number of hydrogen-bond acceptors (Lipinski definition) is 2. The van der Waals surface area contributed by atoms with Gasteiger partial charge in [0.1, 0.15) is 5.82 Å². The van der Waals surface area contributed by atoms with Crippen LogP contribution in [0.4, 0.5) is 5.82 Å². The molecule has 0 aliphatic heterocycles. The van der Waals surface area contributed by atoms with E-state index >= 15 is 0 Å². The van der Waals surface area contributed by atoms with Crippen molar-refractivity contribution < 1.29 is 0 Å². The molecule has 3 heteroatoms. The molecule has 1 heterocycles. The Morgan fingerprint density at radius 3 is 2.81 bits per heavy atom. The van der Waals surface area contributed by atoms with Gasteiger partial charge in [0.15, 0.2) is 0 Å². The van der Waals surface area contributed by atoms with Gasteiger partial charge >= 0.3 is 0 Å². The highest BCUT2D eigenvalue weighted by atomic mass is 15.3. The highest BCUT2D eigenvalue weighted by Crippen LogP contribution is 2.39. The number of rotatable bonds is 2. The topological polar surface area (TPSA) is 29.9 Å². The Bertz CT molecular complexity index is 354. The van der Waals surface area contributed by atoms with Gasteiger partial charge in [0, 0.05) is 19.2 Å². The number of hydrogen-bond donors (Lipinski definition) is 1. The summed E-state index contributed by atoms with van der Waals surface area (Å²) in [5.41, 5.74) is 0.518. The summed E-state index contributed by atoms with van der Waals surface area (Å²) in [6, 6.07) is 2.65. The Morgan fingerprint density at radius 2 is 2.25 bits per heavy atom. The normalized spacial score (nSPS) is 29.0. The van der Waals surface area contributed by atoms with Crippen LogP contribution in [0.5, 0.6) is 0 Å². The SMILES string of the molecule is CC1CC(C)(C)CCC1Nc1ccnn1C. The van der Waals surface area contributed by atoms with E-state index in [9.17, 15) is 0 Å². The Labute approximate surface area is 98.2 Å². The molecule has 0 radical (unpaired) electrons. The lowest BCUT2D eigenvalue weighted by Crippen LogP contribution is -2.37. The van der Waals surface area contributed by atoms with Gasteiger partial charge in [0.05, 0.1) is 6.20 Å². The quantitative estimate of drug-likeness (QED) is 0.832. The molecule has 0 spiro atoms. The number of anilines is 1. The summed E-state index contributed by atoms with van der Waals surface area (Å²) in [4.78, 5) is 0. The number of aryl methyl sites for hydroxylation is 1. The molecule has 16 heavy (non-hydrogen) atoms. The van der Waals surface area contributed by atoms with Crippen molar-refractivity contribution in [2.75, 3.05) is 5.32 Å². The Morgan fingerprint density at radius 1 is 1.50 bits per heavy atom. The van der Waals surface area contributed by atoms with Gasteiger partial charge in [0.2, 0.25) is 0 Å². The third kappa shape index (κ3) is 2.39. The molecular weight excluding hydrogens is 198 g/mol. The number of aromatic nitrogens is 2. The van der Waals surface area contributed by atoms with E-state index in [-0.39, 0.29) is 0 Å². The maximum atomic E-state index is 4.19. The van der Waals surface area contributed by atoms with Crippen LogP contribution in [0, 0.1) is 11.3 Å². The first-order chi connectivity index (χ1) is 7.48. The molecule has 1 aromatic rings. The largest absolute Gasteiger partial charge is 0.367 e. The van der Waals surface area contributed by atoms with E-state index in [1.54, 1.807) is 0 Å². The van der Waals surface area contributed by atoms with Gasteiger partial charge in [-0.2, -0.15) is 5.10 Å². The fraction of sp³-hybridized carbons (Fsp3) is 0.769. The molecule has 0 saturated heterocycles. The first kappa shape index (κ1) is 11.5. The number of nitrogens with zero attached hydrogens (tertiary/aromatic N) is 2. The average Bonchev–Trinajstić information content (AvgIpc) is 2.56. The van der Waals surface area contributed by atoms with Crippen molar-refractivity contribution in [2.45, 2.75) is 46.1 Å². The molecule has 1 aliphatic carbocycles. The van der Waals surface area contributed by atoms with E-state index in [0.29, 0.717) is 11.5 Å². The smallest absolute Gasteiger partial charge is 0.124 e. The maximum Gasteiger partial charge on any atom is 0.124 e. The molecule has 0 bridgehead atoms. The predicted molar refractivity (Wildman–Crippen MR) is 67.4 cm³/mol. The van der Waals surface area contributed by atoms with Gasteiger partial charge in [-0.15, -0.1) is 0 Å². The lowest BCUT2D eigenvalue weighted by atomic mass is 9.70. The number of nitrogens with one attached hydrogen (secondary N) is 1. The summed E-state index contributed by atoms with van der Waals surface area (Å²) in [6.07, 6.45) is 5.73. The maximum absolute atomic E-state index is 4.19. The molecular formula is C13H23N3. The van der Waals surface area contributed by atoms with Crippen molar-refractivity contribution in [1.29, 1.82) is 0 Å². The molecule has 1 N–H and O–H groups in total. The monoisotopic (exact) mass is 221 g/mol. The fourth-order valence-corrected chi connectivity index (χ4v) is 2.87. The highest BCUT2D eigenvalue weighted by Gasteiger charge is 2.32. The summed E-state index contributed by atoms with van der Waals surface area (Å²) < 4.78 is 1.91. The summed E-state index contributed by atoms with van der Waals surface area (Å²) in [7, 11) is 1.99. The second-order valence-corrected chi connectivity index (χ2v) is 5.98. The summed E-state index contributed by atoms with van der Waals surface area (Å²) in [5.74, 6) is 1.87. The van der Waals surface area contributed by atoms with Crippen LogP contribution >= 0.6 is 0 Å². The van der Waals surface area contributed by atoms with Crippen molar-refractivity contribution in [3.05, 3.63) is 12.3 Å². The van der Waals surface area contributed by atoms with Crippen LogP contribution in [-0.2, 0) is 7.05 Å². The third-order valence-corrected chi connectivity index (χ3v) is 3.85. The molecule has 1 saturated carbocycles. The standard InChI is InChI=1S/C13H23N3/c1-10-9-13(2,3)7-5-11(10)15-12-6-8-14-16(12)4/h6,8,10-11,15H,5,7,9H2,1-4H3. The van der Waals surface area contributed by atoms with Crippen LogP contribution in [0.3, 0.4) is 0 Å². The Kier molecular flexibility index (Phi) is 2.96. The first-order valence-corrected chi connectivity index (χ1v) is 6.22. The second kappa shape index (κ2) is 4.11. The highest BCUT2D eigenvalue weighted by molar-refractivity contribution is 5.35. The average molecular weight is 221 g/mol. The summed E-state index contributed by atoms with van der Waals surface area (Å²) >= 11 is 0. The van der Waals surface area contributed by atoms with Gasteiger partial charge < -0.3 is 5.32 Å². The summed E-state index contributed by atoms with van der Waals surface area (Å²) in [5, 5.41) is 7.81. The molecule has 1 aliphatic rings. The van der Waals surface area contributed by atoms with Gasteiger partial charge in [-0.1, -0.05) is 20.8 Å². The molecule has 3 nitrogen and oxygen atoms in total. The minimum absolute atomic E-state index is 0.518. The molecule has 0 amide bonds. The molecule has 2 atom stereocenters. The van der Waals surface area contributed by atoms with Crippen LogP contribution in [0.2, 0.25) is 0 Å². The Hall–Kier alpha value is -0.990. The van der Waals surface area contributed by atoms with E-state index in [2.05, 4.69) is 31.2 Å². The van der Waals surface area contributed by atoms with Crippen molar-refractivity contribution >= 4 is 5.82 Å². The molecule has 1 fully saturated rings. The first-order valence-electron chi connectivity index (χ1n) is 6.22. The van der Waals surface area contributed by atoms with Gasteiger partial charge in [-0.3, -0.25) is 4.68 Å². The zero-order chi connectivity index (χ0) is 11.8. The lowest BCUT2D eigenvalue weighted by molar-refractivity contribution is 0.176. The van der Waals surface area contributed by atoms with Crippen molar-refractivity contribution in [3.63, 3.8) is 0 Å². The van der Waals surface area contributed by atoms with Gasteiger partial charge in [-0.05, 0) is 30.6 Å². The zero-order valence-corrected chi connectivity index (χ0v) is 10.8. The van der Waals surface area contributed by atoms with Crippen molar-refractivity contribution in [3.8, 4) is 0 Å². The lowest BCUT2D eigenvalue weighted by Gasteiger charge is -2.39. The third-order valence-electron chi connectivity index (χ3n) is 3.85. The molecule has 90 valence electrons. The second-order valence-electron chi connectivity index (χ2n) is 5.98. The molecule has 0 aromatic carbocycles. The summed E-state index contributed by atoms with van der Waals surface area (Å²) in [6.45, 7) is 7.11. The van der Waals surface area contributed by atoms with Crippen LogP contribution in [0.15, 0.2) is 12.3 Å². The van der Waals surface area contributed by atoms with Crippen LogP contribution in [0.1, 0.15) is 40.0 Å². The predicted octanol–water partition coefficient (Wildman–Crippen LogP) is 3.05. The van der Waals surface area contributed by atoms with Crippen molar-refractivity contribution in [1.82, 2.24) is 9.78 Å². The van der Waals surface area contributed by atoms with Gasteiger partial charge in [-0.25, -0.2) is 0 Å². The van der Waals surface area contributed by atoms with Crippen LogP contribution in [0.25, 0.3) is 0 Å². The van der Waals surface area contributed by atoms with Crippen LogP contribution in [-0.4, -0.2) is 15.8 Å². The molecule has 1 aromatic heterocycles. The fourth-order valence-electron chi connectivity index (χ4n) is 2.87. The molecule has 2 rings (SSSR count). The van der Waals surface area contributed by atoms with Crippen molar-refractivity contribution in [2.24, 2.45) is 18.4 Å². The van der Waals surface area contributed by atoms with E-state index in [0.717, 1.165) is 11.7 Å². The van der Waals surface area contributed by atoms with E-state index < -0.39 is 0 Å². The minimum atomic E-state index is 0.518. The minimum Gasteiger partial charge on any atom is -0.367 e.